The van der Waals surface area contributed by atoms with E-state index < -0.39 is 0 Å². The minimum Gasteiger partial charge on any atom is -0.497 e. The lowest BCUT2D eigenvalue weighted by atomic mass is 9.96. The van der Waals surface area contributed by atoms with Gasteiger partial charge in [0.2, 0.25) is 0 Å². The molecule has 0 atom stereocenters. The number of benzene rings is 1. The number of nitrogens with two attached hydrogens (primary N) is 1. The summed E-state index contributed by atoms with van der Waals surface area (Å²) in [6.45, 7) is 4.09. The molecule has 1 rings (SSSR count). The zero-order chi connectivity index (χ0) is 11.5. The fourth-order valence-corrected chi connectivity index (χ4v) is 1.87. The molecule has 1 aromatic carbocycles. The summed E-state index contributed by atoms with van der Waals surface area (Å²) >= 11 is 3.53. The average Bonchev–Trinajstić information content (AvgIpc) is 2.14. The molecule has 15 heavy (non-hydrogen) atoms. The van der Waals surface area contributed by atoms with E-state index >= 15 is 0 Å². The summed E-state index contributed by atoms with van der Waals surface area (Å²) in [4.78, 5) is 0. The van der Waals surface area contributed by atoms with Gasteiger partial charge in [0.15, 0.2) is 0 Å². The van der Waals surface area contributed by atoms with E-state index in [1.54, 1.807) is 7.11 Å². The Kier molecular flexibility index (Phi) is 4.17. The second kappa shape index (κ2) is 4.99. The van der Waals surface area contributed by atoms with E-state index in [9.17, 15) is 0 Å². The molecule has 0 saturated heterocycles. The Balaban J connectivity index is 2.70. The highest BCUT2D eigenvalue weighted by Crippen LogP contribution is 2.25. The van der Waals surface area contributed by atoms with Gasteiger partial charge >= 0.3 is 0 Å². The van der Waals surface area contributed by atoms with Crippen molar-refractivity contribution in [3.05, 3.63) is 28.2 Å². The summed E-state index contributed by atoms with van der Waals surface area (Å²) in [7, 11) is 1.67. The van der Waals surface area contributed by atoms with Gasteiger partial charge in [-0.15, -0.1) is 0 Å². The van der Waals surface area contributed by atoms with Gasteiger partial charge in [0.1, 0.15) is 5.75 Å². The minimum absolute atomic E-state index is 0.112. The van der Waals surface area contributed by atoms with E-state index in [0.29, 0.717) is 0 Å². The first-order chi connectivity index (χ1) is 6.92. The third-order valence-electron chi connectivity index (χ3n) is 2.30. The Morgan fingerprint density at radius 3 is 2.53 bits per heavy atom. The molecule has 0 radical (unpaired) electrons. The van der Waals surface area contributed by atoms with Crippen molar-refractivity contribution in [2.75, 3.05) is 7.11 Å². The maximum Gasteiger partial charge on any atom is 0.120 e. The van der Waals surface area contributed by atoms with Gasteiger partial charge in [-0.1, -0.05) is 22.0 Å². The molecule has 0 spiro atoms. The summed E-state index contributed by atoms with van der Waals surface area (Å²) in [5.74, 6) is 0.873. The monoisotopic (exact) mass is 271 g/mol. The van der Waals surface area contributed by atoms with Crippen LogP contribution in [0, 0.1) is 0 Å². The van der Waals surface area contributed by atoms with Gasteiger partial charge < -0.3 is 10.5 Å². The van der Waals surface area contributed by atoms with Crippen LogP contribution >= 0.6 is 15.9 Å². The van der Waals surface area contributed by atoms with E-state index in [0.717, 1.165) is 23.1 Å². The molecule has 0 aliphatic heterocycles. The highest BCUT2D eigenvalue weighted by molar-refractivity contribution is 9.10. The largest absolute Gasteiger partial charge is 0.497 e. The molecule has 0 saturated carbocycles. The van der Waals surface area contributed by atoms with E-state index in [-0.39, 0.29) is 5.54 Å². The second-order valence-electron chi connectivity index (χ2n) is 4.45. The smallest absolute Gasteiger partial charge is 0.120 e. The van der Waals surface area contributed by atoms with Crippen LogP contribution in [0.25, 0.3) is 0 Å². The molecule has 0 heterocycles. The van der Waals surface area contributed by atoms with Crippen LogP contribution in [-0.4, -0.2) is 12.6 Å². The Labute approximate surface area is 99.9 Å². The van der Waals surface area contributed by atoms with Crippen molar-refractivity contribution in [1.29, 1.82) is 0 Å². The predicted octanol–water partition coefficient (Wildman–Crippen LogP) is 3.13. The molecule has 0 unspecified atom stereocenters. The zero-order valence-corrected chi connectivity index (χ0v) is 11.1. The lowest BCUT2D eigenvalue weighted by Gasteiger charge is -2.18. The molecule has 0 aromatic heterocycles. The summed E-state index contributed by atoms with van der Waals surface area (Å²) in [6, 6.07) is 6.04. The second-order valence-corrected chi connectivity index (χ2v) is 5.30. The maximum atomic E-state index is 5.95. The minimum atomic E-state index is -0.112. The first kappa shape index (κ1) is 12.5. The third-order valence-corrected chi connectivity index (χ3v) is 3.04. The lowest BCUT2D eigenvalue weighted by molar-refractivity contribution is 0.414. The van der Waals surface area contributed by atoms with Gasteiger partial charge in [0, 0.05) is 10.0 Å². The first-order valence-corrected chi connectivity index (χ1v) is 5.83. The zero-order valence-electron chi connectivity index (χ0n) is 9.51. The quantitative estimate of drug-likeness (QED) is 0.914. The third kappa shape index (κ3) is 4.22. The number of halogens is 1. The fourth-order valence-electron chi connectivity index (χ4n) is 1.31. The molecule has 2 N–H and O–H groups in total. The van der Waals surface area contributed by atoms with E-state index in [2.05, 4.69) is 22.0 Å². The summed E-state index contributed by atoms with van der Waals surface area (Å²) < 4.78 is 6.23. The van der Waals surface area contributed by atoms with Crippen molar-refractivity contribution in [2.45, 2.75) is 32.2 Å². The van der Waals surface area contributed by atoms with Crippen LogP contribution in [0.2, 0.25) is 0 Å². The van der Waals surface area contributed by atoms with Gasteiger partial charge in [0.05, 0.1) is 7.11 Å². The first-order valence-electron chi connectivity index (χ1n) is 5.04. The highest BCUT2D eigenvalue weighted by Gasteiger charge is 2.11. The Morgan fingerprint density at radius 1 is 1.40 bits per heavy atom. The standard InChI is InChI=1S/C12H18BrNO/c1-12(2,14)7-6-9-4-5-10(15-3)8-11(9)13/h4-5,8H,6-7,14H2,1-3H3. The van der Waals surface area contributed by atoms with E-state index in [4.69, 9.17) is 10.5 Å². The predicted molar refractivity (Wildman–Crippen MR) is 67.3 cm³/mol. The SMILES string of the molecule is COc1ccc(CCC(C)(C)N)c(Br)c1. The number of ether oxygens (including phenoxy) is 1. The molecular formula is C12H18BrNO. The van der Waals surface area contributed by atoms with Crippen molar-refractivity contribution in [2.24, 2.45) is 5.73 Å². The molecule has 3 heteroatoms. The van der Waals surface area contributed by atoms with Crippen LogP contribution < -0.4 is 10.5 Å². The molecule has 0 bridgehead atoms. The molecule has 0 fully saturated rings. The van der Waals surface area contributed by atoms with E-state index in [1.807, 2.05) is 26.0 Å². The van der Waals surface area contributed by atoms with Crippen molar-refractivity contribution in [1.82, 2.24) is 0 Å². The molecule has 0 aliphatic carbocycles. The van der Waals surface area contributed by atoms with Crippen LogP contribution in [0.15, 0.2) is 22.7 Å². The number of aryl methyl sites for hydroxylation is 1. The molecule has 0 amide bonds. The van der Waals surface area contributed by atoms with Crippen LogP contribution in [0.3, 0.4) is 0 Å². The van der Waals surface area contributed by atoms with Gasteiger partial charge in [-0.3, -0.25) is 0 Å². The molecular weight excluding hydrogens is 254 g/mol. The Bertz CT molecular complexity index is 331. The van der Waals surface area contributed by atoms with Crippen molar-refractivity contribution in [3.63, 3.8) is 0 Å². The number of rotatable bonds is 4. The summed E-state index contributed by atoms with van der Waals surface area (Å²) in [6.07, 6.45) is 1.95. The maximum absolute atomic E-state index is 5.95. The topological polar surface area (TPSA) is 35.2 Å². The molecule has 0 aliphatic rings. The summed E-state index contributed by atoms with van der Waals surface area (Å²) in [5.41, 5.74) is 7.11. The molecule has 84 valence electrons. The molecule has 2 nitrogen and oxygen atoms in total. The summed E-state index contributed by atoms with van der Waals surface area (Å²) in [5, 5.41) is 0. The van der Waals surface area contributed by atoms with Gasteiger partial charge in [0.25, 0.3) is 0 Å². The van der Waals surface area contributed by atoms with Crippen molar-refractivity contribution < 1.29 is 4.74 Å². The van der Waals surface area contributed by atoms with Crippen LogP contribution in [0.4, 0.5) is 0 Å². The average molecular weight is 272 g/mol. The Morgan fingerprint density at radius 2 is 2.07 bits per heavy atom. The van der Waals surface area contributed by atoms with Crippen molar-refractivity contribution >= 4 is 15.9 Å². The molecule has 1 aromatic rings. The van der Waals surface area contributed by atoms with E-state index in [1.165, 1.54) is 5.56 Å². The normalized spacial score (nSPS) is 11.5. The van der Waals surface area contributed by atoms with Gasteiger partial charge in [-0.2, -0.15) is 0 Å². The highest BCUT2D eigenvalue weighted by atomic mass is 79.9. The van der Waals surface area contributed by atoms with Crippen LogP contribution in [0.5, 0.6) is 5.75 Å². The Hall–Kier alpha value is -0.540. The number of methoxy groups -OCH3 is 1. The van der Waals surface area contributed by atoms with Crippen LogP contribution in [0.1, 0.15) is 25.8 Å². The van der Waals surface area contributed by atoms with Gasteiger partial charge in [-0.25, -0.2) is 0 Å². The number of hydrogen-bond acceptors (Lipinski definition) is 2. The van der Waals surface area contributed by atoms with Crippen LogP contribution in [-0.2, 0) is 6.42 Å². The number of hydrogen-bond donors (Lipinski definition) is 1. The lowest BCUT2D eigenvalue weighted by Crippen LogP contribution is -2.32. The van der Waals surface area contributed by atoms with Crippen molar-refractivity contribution in [3.8, 4) is 5.75 Å². The fraction of sp³-hybridized carbons (Fsp3) is 0.500. The van der Waals surface area contributed by atoms with Gasteiger partial charge in [-0.05, 0) is 44.4 Å².